The second kappa shape index (κ2) is 7.81. The highest BCUT2D eigenvalue weighted by Crippen LogP contribution is 2.12. The van der Waals surface area contributed by atoms with Crippen molar-refractivity contribution in [2.24, 2.45) is 5.92 Å². The fourth-order valence-electron chi connectivity index (χ4n) is 1.71. The lowest BCUT2D eigenvalue weighted by molar-refractivity contribution is 0.102. The number of hydrogen-bond acceptors (Lipinski definition) is 7. The number of nitrogens with one attached hydrogen (secondary N) is 2. The van der Waals surface area contributed by atoms with Gasteiger partial charge >= 0.3 is 0 Å². The molecule has 2 aromatic heterocycles. The molecule has 2 rings (SSSR count). The standard InChI is InChI=1S/C14H19N5O2S/c1-3-9(2)11(20)7-16-12-5-4-10(6-15-12)13(21)18-14-19-17-8-22-14/h4-6,8-9,11,20H,3,7H2,1-2H3,(H,15,16)(H,18,19,21). The van der Waals surface area contributed by atoms with Crippen LogP contribution in [-0.4, -0.2) is 38.8 Å². The molecule has 0 saturated heterocycles. The van der Waals surface area contributed by atoms with Gasteiger partial charge in [-0.1, -0.05) is 31.6 Å². The third kappa shape index (κ3) is 4.47. The third-order valence-electron chi connectivity index (χ3n) is 3.40. The van der Waals surface area contributed by atoms with Crippen molar-refractivity contribution in [1.82, 2.24) is 15.2 Å². The summed E-state index contributed by atoms with van der Waals surface area (Å²) in [5.41, 5.74) is 1.98. The Morgan fingerprint density at radius 1 is 1.45 bits per heavy atom. The molecule has 0 bridgehead atoms. The molecule has 0 aliphatic rings. The summed E-state index contributed by atoms with van der Waals surface area (Å²) < 4.78 is 0. The Morgan fingerprint density at radius 3 is 2.86 bits per heavy atom. The molecule has 0 saturated carbocycles. The van der Waals surface area contributed by atoms with Crippen molar-refractivity contribution in [2.75, 3.05) is 17.2 Å². The number of rotatable bonds is 7. The van der Waals surface area contributed by atoms with Gasteiger partial charge in [0.25, 0.3) is 5.91 Å². The molecule has 1 amide bonds. The van der Waals surface area contributed by atoms with E-state index in [4.69, 9.17) is 0 Å². The molecule has 2 heterocycles. The fourth-order valence-corrected chi connectivity index (χ4v) is 2.15. The zero-order chi connectivity index (χ0) is 15.9. The number of pyridine rings is 1. The number of carbonyl (C=O) groups excluding carboxylic acids is 1. The van der Waals surface area contributed by atoms with Crippen LogP contribution < -0.4 is 10.6 Å². The first kappa shape index (κ1) is 16.3. The van der Waals surface area contributed by atoms with Gasteiger partial charge in [-0.25, -0.2) is 4.98 Å². The van der Waals surface area contributed by atoms with E-state index in [1.54, 1.807) is 17.6 Å². The quantitative estimate of drug-likeness (QED) is 0.721. The van der Waals surface area contributed by atoms with Crippen LogP contribution >= 0.6 is 11.3 Å². The lowest BCUT2D eigenvalue weighted by Gasteiger charge is -2.17. The third-order valence-corrected chi connectivity index (χ3v) is 4.01. The van der Waals surface area contributed by atoms with Gasteiger partial charge in [-0.15, -0.1) is 10.2 Å². The van der Waals surface area contributed by atoms with Crippen LogP contribution in [0.25, 0.3) is 0 Å². The second-order valence-electron chi connectivity index (χ2n) is 4.96. The van der Waals surface area contributed by atoms with Crippen LogP contribution in [0.3, 0.4) is 0 Å². The zero-order valence-electron chi connectivity index (χ0n) is 12.5. The van der Waals surface area contributed by atoms with Gasteiger partial charge in [0, 0.05) is 12.7 Å². The summed E-state index contributed by atoms with van der Waals surface area (Å²) in [7, 11) is 0. The number of anilines is 2. The number of hydrogen-bond donors (Lipinski definition) is 3. The predicted molar refractivity (Wildman–Crippen MR) is 86.1 cm³/mol. The van der Waals surface area contributed by atoms with Gasteiger partial charge in [0.1, 0.15) is 11.3 Å². The van der Waals surface area contributed by atoms with Crippen LogP contribution in [0.1, 0.15) is 30.6 Å². The van der Waals surface area contributed by atoms with E-state index in [9.17, 15) is 9.90 Å². The minimum absolute atomic E-state index is 0.226. The minimum Gasteiger partial charge on any atom is -0.391 e. The summed E-state index contributed by atoms with van der Waals surface area (Å²) in [6.45, 7) is 4.47. The van der Waals surface area contributed by atoms with Crippen molar-refractivity contribution in [3.63, 3.8) is 0 Å². The molecule has 118 valence electrons. The highest BCUT2D eigenvalue weighted by Gasteiger charge is 2.12. The Kier molecular flexibility index (Phi) is 5.79. The molecule has 0 aliphatic heterocycles. The highest BCUT2D eigenvalue weighted by molar-refractivity contribution is 7.13. The number of amides is 1. The molecule has 0 aromatic carbocycles. The molecule has 2 atom stereocenters. The van der Waals surface area contributed by atoms with E-state index in [1.165, 1.54) is 17.5 Å². The molecule has 22 heavy (non-hydrogen) atoms. The molecule has 0 radical (unpaired) electrons. The smallest absolute Gasteiger partial charge is 0.259 e. The molecule has 2 aromatic rings. The lowest BCUT2D eigenvalue weighted by atomic mass is 10.0. The van der Waals surface area contributed by atoms with Crippen LogP contribution in [0, 0.1) is 5.92 Å². The average molecular weight is 321 g/mol. The topological polar surface area (TPSA) is 100 Å². The van der Waals surface area contributed by atoms with E-state index in [-0.39, 0.29) is 11.8 Å². The Morgan fingerprint density at radius 2 is 2.27 bits per heavy atom. The molecule has 7 nitrogen and oxygen atoms in total. The maximum absolute atomic E-state index is 11.9. The normalized spacial score (nSPS) is 13.4. The summed E-state index contributed by atoms with van der Waals surface area (Å²) in [4.78, 5) is 16.1. The first-order valence-electron chi connectivity index (χ1n) is 7.05. The van der Waals surface area contributed by atoms with E-state index in [0.717, 1.165) is 6.42 Å². The van der Waals surface area contributed by atoms with Gasteiger partial charge in [-0.3, -0.25) is 10.1 Å². The van der Waals surface area contributed by atoms with E-state index in [2.05, 4.69) is 25.8 Å². The Labute approximate surface area is 132 Å². The van der Waals surface area contributed by atoms with Crippen molar-refractivity contribution in [1.29, 1.82) is 0 Å². The van der Waals surface area contributed by atoms with Gasteiger partial charge in [-0.05, 0) is 18.1 Å². The number of aromatic nitrogens is 3. The molecular formula is C14H19N5O2S. The molecule has 3 N–H and O–H groups in total. The van der Waals surface area contributed by atoms with Crippen molar-refractivity contribution < 1.29 is 9.90 Å². The summed E-state index contributed by atoms with van der Waals surface area (Å²) in [6, 6.07) is 3.37. The molecule has 2 unspecified atom stereocenters. The maximum Gasteiger partial charge on any atom is 0.259 e. The molecular weight excluding hydrogens is 302 g/mol. The molecule has 0 fully saturated rings. The minimum atomic E-state index is -0.424. The fraction of sp³-hybridized carbons (Fsp3) is 0.429. The number of aliphatic hydroxyl groups excluding tert-OH is 1. The zero-order valence-corrected chi connectivity index (χ0v) is 13.3. The summed E-state index contributed by atoms with van der Waals surface area (Å²) >= 11 is 1.25. The SMILES string of the molecule is CCC(C)C(O)CNc1ccc(C(=O)Nc2nncs2)cn1. The Bertz CT molecular complexity index is 588. The average Bonchev–Trinajstić information content (AvgIpc) is 3.05. The maximum atomic E-state index is 11.9. The largest absolute Gasteiger partial charge is 0.391 e. The predicted octanol–water partition coefficient (Wildman–Crippen LogP) is 2.00. The van der Waals surface area contributed by atoms with Crippen molar-refractivity contribution >= 4 is 28.2 Å². The number of aliphatic hydroxyl groups is 1. The van der Waals surface area contributed by atoms with Gasteiger partial charge in [0.2, 0.25) is 5.13 Å². The van der Waals surface area contributed by atoms with E-state index >= 15 is 0 Å². The Hall–Kier alpha value is -2.06. The summed E-state index contributed by atoms with van der Waals surface area (Å²) in [5.74, 6) is 0.565. The first-order chi connectivity index (χ1) is 10.6. The van der Waals surface area contributed by atoms with Gasteiger partial charge < -0.3 is 10.4 Å². The van der Waals surface area contributed by atoms with Crippen LogP contribution in [-0.2, 0) is 0 Å². The molecule has 0 spiro atoms. The summed E-state index contributed by atoms with van der Waals surface area (Å²) in [5, 5.41) is 23.4. The van der Waals surface area contributed by atoms with Crippen molar-refractivity contribution in [3.8, 4) is 0 Å². The van der Waals surface area contributed by atoms with Crippen LogP contribution in [0.4, 0.5) is 10.9 Å². The van der Waals surface area contributed by atoms with E-state index < -0.39 is 6.10 Å². The van der Waals surface area contributed by atoms with Gasteiger partial charge in [0.05, 0.1) is 11.7 Å². The summed E-state index contributed by atoms with van der Waals surface area (Å²) in [6.07, 6.45) is 1.97. The number of carbonyl (C=O) groups is 1. The first-order valence-corrected chi connectivity index (χ1v) is 7.93. The highest BCUT2D eigenvalue weighted by atomic mass is 32.1. The van der Waals surface area contributed by atoms with Gasteiger partial charge in [0.15, 0.2) is 0 Å². The molecule has 8 heteroatoms. The van der Waals surface area contributed by atoms with E-state index in [0.29, 0.717) is 23.1 Å². The van der Waals surface area contributed by atoms with Crippen molar-refractivity contribution in [2.45, 2.75) is 26.4 Å². The van der Waals surface area contributed by atoms with Crippen LogP contribution in [0.5, 0.6) is 0 Å². The monoisotopic (exact) mass is 321 g/mol. The van der Waals surface area contributed by atoms with E-state index in [1.807, 2.05) is 13.8 Å². The van der Waals surface area contributed by atoms with Crippen LogP contribution in [0.15, 0.2) is 23.8 Å². The molecule has 0 aliphatic carbocycles. The Balaban J connectivity index is 1.88. The van der Waals surface area contributed by atoms with Crippen molar-refractivity contribution in [3.05, 3.63) is 29.4 Å². The van der Waals surface area contributed by atoms with Gasteiger partial charge in [-0.2, -0.15) is 0 Å². The number of nitrogens with zero attached hydrogens (tertiary/aromatic N) is 3. The lowest BCUT2D eigenvalue weighted by Crippen LogP contribution is -2.26. The second-order valence-corrected chi connectivity index (χ2v) is 5.80. The van der Waals surface area contributed by atoms with Crippen LogP contribution in [0.2, 0.25) is 0 Å².